The van der Waals surface area contributed by atoms with E-state index < -0.39 is 5.54 Å². The highest BCUT2D eigenvalue weighted by molar-refractivity contribution is 5.01. The summed E-state index contributed by atoms with van der Waals surface area (Å²) in [5, 5.41) is 8.84. The maximum atomic E-state index is 8.84. The van der Waals surface area contributed by atoms with Gasteiger partial charge in [0.1, 0.15) is 5.54 Å². The summed E-state index contributed by atoms with van der Waals surface area (Å²) >= 11 is 0. The molecule has 0 aromatic carbocycles. The van der Waals surface area contributed by atoms with Gasteiger partial charge in [0.05, 0.1) is 6.07 Å². The Morgan fingerprint density at radius 1 is 1.47 bits per heavy atom. The highest BCUT2D eigenvalue weighted by Crippen LogP contribution is 2.29. The smallest absolute Gasteiger partial charge is 0.102 e. The van der Waals surface area contributed by atoms with Gasteiger partial charge in [-0.25, -0.2) is 0 Å². The van der Waals surface area contributed by atoms with Crippen molar-refractivity contribution in [1.29, 1.82) is 5.26 Å². The second kappa shape index (κ2) is 5.48. The highest BCUT2D eigenvalue weighted by atomic mass is 15.1. The van der Waals surface area contributed by atoms with Crippen molar-refractivity contribution in [2.75, 3.05) is 19.6 Å². The third-order valence-electron chi connectivity index (χ3n) is 2.96. The molecule has 1 rings (SSSR count). The quantitative estimate of drug-likeness (QED) is 0.695. The lowest BCUT2D eigenvalue weighted by Gasteiger charge is -2.24. The fraction of sp³-hybridized carbons (Fsp3) is 0.917. The van der Waals surface area contributed by atoms with Gasteiger partial charge in [0.25, 0.3) is 0 Å². The van der Waals surface area contributed by atoms with E-state index in [9.17, 15) is 0 Å². The first-order chi connectivity index (χ1) is 7.07. The average Bonchev–Trinajstić information content (AvgIpc) is 2.99. The summed E-state index contributed by atoms with van der Waals surface area (Å²) in [6.07, 6.45) is 4.73. The average molecular weight is 209 g/mol. The second-order valence-corrected chi connectivity index (χ2v) is 5.02. The van der Waals surface area contributed by atoms with E-state index in [1.807, 2.05) is 6.92 Å². The first-order valence-corrected chi connectivity index (χ1v) is 6.00. The third-order valence-corrected chi connectivity index (χ3v) is 2.96. The third kappa shape index (κ3) is 5.15. The number of rotatable bonds is 7. The summed E-state index contributed by atoms with van der Waals surface area (Å²) in [5.41, 5.74) is 5.16. The monoisotopic (exact) mass is 209 g/mol. The largest absolute Gasteiger partial charge is 0.314 e. The number of nitrogens with two attached hydrogens (primary N) is 1. The van der Waals surface area contributed by atoms with Crippen LogP contribution in [0.15, 0.2) is 0 Å². The zero-order valence-corrected chi connectivity index (χ0v) is 10.00. The molecular weight excluding hydrogens is 186 g/mol. The van der Waals surface area contributed by atoms with Gasteiger partial charge >= 0.3 is 0 Å². The molecule has 0 saturated heterocycles. The molecule has 0 heterocycles. The van der Waals surface area contributed by atoms with E-state index in [4.69, 9.17) is 11.0 Å². The maximum absolute atomic E-state index is 8.84. The van der Waals surface area contributed by atoms with Crippen molar-refractivity contribution in [2.45, 2.75) is 45.1 Å². The molecule has 0 radical (unpaired) electrons. The minimum Gasteiger partial charge on any atom is -0.314 e. The minimum absolute atomic E-state index is 0.657. The predicted octanol–water partition coefficient (Wildman–Crippen LogP) is 1.74. The lowest BCUT2D eigenvalue weighted by Crippen LogP contribution is -2.39. The van der Waals surface area contributed by atoms with E-state index in [0.717, 1.165) is 25.4 Å². The molecule has 0 aromatic heterocycles. The van der Waals surface area contributed by atoms with Crippen LogP contribution in [-0.2, 0) is 0 Å². The van der Waals surface area contributed by atoms with E-state index in [-0.39, 0.29) is 0 Å². The summed E-state index contributed by atoms with van der Waals surface area (Å²) in [4.78, 5) is 2.46. The molecule has 15 heavy (non-hydrogen) atoms. The van der Waals surface area contributed by atoms with Crippen LogP contribution in [0.1, 0.15) is 39.5 Å². The molecule has 1 aliphatic rings. The van der Waals surface area contributed by atoms with E-state index >= 15 is 0 Å². The van der Waals surface area contributed by atoms with Gasteiger partial charge in [0, 0.05) is 13.1 Å². The Balaban J connectivity index is 2.27. The summed E-state index contributed by atoms with van der Waals surface area (Å²) in [7, 11) is 0. The van der Waals surface area contributed by atoms with E-state index in [1.165, 1.54) is 25.8 Å². The van der Waals surface area contributed by atoms with Gasteiger partial charge in [-0.1, -0.05) is 6.92 Å². The Hall–Kier alpha value is -0.590. The fourth-order valence-electron chi connectivity index (χ4n) is 1.72. The Labute approximate surface area is 93.2 Å². The molecule has 2 N–H and O–H groups in total. The number of hydrogen-bond acceptors (Lipinski definition) is 3. The fourth-order valence-corrected chi connectivity index (χ4v) is 1.72. The first-order valence-electron chi connectivity index (χ1n) is 6.00. The maximum Gasteiger partial charge on any atom is 0.102 e. The van der Waals surface area contributed by atoms with Crippen LogP contribution < -0.4 is 5.73 Å². The van der Waals surface area contributed by atoms with Crippen molar-refractivity contribution < 1.29 is 0 Å². The number of nitriles is 1. The molecule has 3 heteroatoms. The molecule has 1 atom stereocenters. The van der Waals surface area contributed by atoms with E-state index in [1.54, 1.807) is 0 Å². The molecule has 0 bridgehead atoms. The number of nitrogens with zero attached hydrogens (tertiary/aromatic N) is 2. The molecule has 0 spiro atoms. The molecular formula is C12H23N3. The minimum atomic E-state index is -0.657. The molecule has 1 saturated carbocycles. The Morgan fingerprint density at radius 2 is 2.13 bits per heavy atom. The summed E-state index contributed by atoms with van der Waals surface area (Å²) in [5.74, 6) is 0.919. The molecule has 0 amide bonds. The van der Waals surface area contributed by atoms with Crippen LogP contribution in [0.4, 0.5) is 0 Å². The lowest BCUT2D eigenvalue weighted by molar-refractivity contribution is 0.246. The molecule has 0 aliphatic heterocycles. The van der Waals surface area contributed by atoms with Gasteiger partial charge in [0.2, 0.25) is 0 Å². The van der Waals surface area contributed by atoms with Gasteiger partial charge in [-0.15, -0.1) is 0 Å². The van der Waals surface area contributed by atoms with Crippen molar-refractivity contribution in [3.63, 3.8) is 0 Å². The van der Waals surface area contributed by atoms with Crippen LogP contribution in [-0.4, -0.2) is 30.1 Å². The van der Waals surface area contributed by atoms with E-state index in [0.29, 0.717) is 0 Å². The SMILES string of the molecule is CCCN(CCC(C)(N)C#N)CC1CC1. The summed E-state index contributed by atoms with van der Waals surface area (Å²) in [6, 6.07) is 2.16. The van der Waals surface area contributed by atoms with Crippen LogP contribution in [0.3, 0.4) is 0 Å². The van der Waals surface area contributed by atoms with Crippen molar-refractivity contribution >= 4 is 0 Å². The van der Waals surface area contributed by atoms with Crippen molar-refractivity contribution in [1.82, 2.24) is 4.90 Å². The normalized spacial score (nSPS) is 19.9. The highest BCUT2D eigenvalue weighted by Gasteiger charge is 2.25. The van der Waals surface area contributed by atoms with Gasteiger partial charge < -0.3 is 10.6 Å². The van der Waals surface area contributed by atoms with E-state index in [2.05, 4.69) is 17.9 Å². The van der Waals surface area contributed by atoms with Gasteiger partial charge in [-0.3, -0.25) is 0 Å². The Bertz CT molecular complexity index is 226. The molecule has 1 fully saturated rings. The van der Waals surface area contributed by atoms with Crippen molar-refractivity contribution in [3.8, 4) is 6.07 Å². The number of hydrogen-bond donors (Lipinski definition) is 1. The Morgan fingerprint density at radius 3 is 2.60 bits per heavy atom. The standard InChI is InChI=1S/C12H23N3/c1-3-7-15(9-11-4-5-11)8-6-12(2,14)10-13/h11H,3-9,14H2,1-2H3. The molecule has 86 valence electrons. The van der Waals surface area contributed by atoms with Crippen LogP contribution in [0.25, 0.3) is 0 Å². The summed E-state index contributed by atoms with van der Waals surface area (Å²) in [6.45, 7) is 7.32. The molecule has 3 nitrogen and oxygen atoms in total. The van der Waals surface area contributed by atoms with Crippen LogP contribution in [0, 0.1) is 17.2 Å². The zero-order chi connectivity index (χ0) is 11.3. The predicted molar refractivity (Wildman–Crippen MR) is 62.3 cm³/mol. The van der Waals surface area contributed by atoms with Crippen LogP contribution in [0.2, 0.25) is 0 Å². The molecule has 1 aliphatic carbocycles. The van der Waals surface area contributed by atoms with Crippen LogP contribution in [0.5, 0.6) is 0 Å². The second-order valence-electron chi connectivity index (χ2n) is 5.02. The van der Waals surface area contributed by atoms with Crippen molar-refractivity contribution in [2.24, 2.45) is 11.7 Å². The van der Waals surface area contributed by atoms with Gasteiger partial charge in [0.15, 0.2) is 0 Å². The Kier molecular flexibility index (Phi) is 4.56. The zero-order valence-electron chi connectivity index (χ0n) is 10.00. The molecule has 1 unspecified atom stereocenters. The first kappa shape index (κ1) is 12.5. The van der Waals surface area contributed by atoms with Crippen molar-refractivity contribution in [3.05, 3.63) is 0 Å². The lowest BCUT2D eigenvalue weighted by atomic mass is 10.0. The summed E-state index contributed by atoms with van der Waals surface area (Å²) < 4.78 is 0. The van der Waals surface area contributed by atoms with Crippen LogP contribution >= 0.6 is 0 Å². The van der Waals surface area contributed by atoms with Gasteiger partial charge in [-0.05, 0) is 45.1 Å². The topological polar surface area (TPSA) is 53.0 Å². The van der Waals surface area contributed by atoms with Gasteiger partial charge in [-0.2, -0.15) is 5.26 Å². The molecule has 0 aromatic rings.